The van der Waals surface area contributed by atoms with E-state index in [-0.39, 0.29) is 34.3 Å². The standard InChI is InChI=1S/C17H12ClFO4/c1-8(20)10-4-5-14-16(17(10)22)12(7-15(21)23-14)11-3-2-9(19)6-13(11)18/h2-6,12,22H,7H2,1H3/t12-/m1/s1. The average Bonchev–Trinajstić information content (AvgIpc) is 2.46. The van der Waals surface area contributed by atoms with Crippen LogP contribution in [0.25, 0.3) is 0 Å². The lowest BCUT2D eigenvalue weighted by atomic mass is 9.84. The second kappa shape index (κ2) is 5.66. The van der Waals surface area contributed by atoms with Crippen LogP contribution in [0.3, 0.4) is 0 Å². The number of rotatable bonds is 2. The van der Waals surface area contributed by atoms with Crippen LogP contribution in [-0.2, 0) is 4.79 Å². The van der Waals surface area contributed by atoms with Gasteiger partial charge in [0.25, 0.3) is 0 Å². The predicted octanol–water partition coefficient (Wildman–Crippen LogP) is 3.83. The number of Topliss-reactive ketones (excluding diaryl/α,β-unsaturated/α-hetero) is 1. The summed E-state index contributed by atoms with van der Waals surface area (Å²) < 4.78 is 18.4. The maximum absolute atomic E-state index is 13.3. The highest BCUT2D eigenvalue weighted by molar-refractivity contribution is 6.31. The van der Waals surface area contributed by atoms with Crippen molar-refractivity contribution in [3.05, 3.63) is 57.9 Å². The molecule has 0 unspecified atom stereocenters. The molecule has 0 saturated heterocycles. The number of hydrogen-bond acceptors (Lipinski definition) is 4. The number of hydrogen-bond donors (Lipinski definition) is 1. The monoisotopic (exact) mass is 334 g/mol. The number of phenolic OH excluding ortho intramolecular Hbond substituents is 1. The van der Waals surface area contributed by atoms with E-state index in [2.05, 4.69) is 0 Å². The van der Waals surface area contributed by atoms with Crippen molar-refractivity contribution in [2.24, 2.45) is 0 Å². The van der Waals surface area contributed by atoms with Crippen molar-refractivity contribution in [1.29, 1.82) is 0 Å². The van der Waals surface area contributed by atoms with Gasteiger partial charge in [-0.25, -0.2) is 4.39 Å². The first-order valence-corrected chi connectivity index (χ1v) is 7.28. The number of halogens is 2. The van der Waals surface area contributed by atoms with E-state index in [1.165, 1.54) is 31.2 Å². The maximum Gasteiger partial charge on any atom is 0.312 e. The van der Waals surface area contributed by atoms with Gasteiger partial charge in [-0.15, -0.1) is 0 Å². The average molecular weight is 335 g/mol. The number of carbonyl (C=O) groups is 2. The van der Waals surface area contributed by atoms with Crippen molar-refractivity contribution in [3.63, 3.8) is 0 Å². The van der Waals surface area contributed by atoms with Gasteiger partial charge in [0.05, 0.1) is 12.0 Å². The van der Waals surface area contributed by atoms with E-state index in [4.69, 9.17) is 16.3 Å². The molecule has 2 aromatic rings. The topological polar surface area (TPSA) is 63.6 Å². The highest BCUT2D eigenvalue weighted by Crippen LogP contribution is 2.46. The zero-order valence-electron chi connectivity index (χ0n) is 12.1. The third-order valence-corrected chi connectivity index (χ3v) is 4.16. The first-order chi connectivity index (χ1) is 10.9. The second-order valence-electron chi connectivity index (χ2n) is 5.33. The lowest BCUT2D eigenvalue weighted by Gasteiger charge is -2.27. The van der Waals surface area contributed by atoms with Gasteiger partial charge in [-0.3, -0.25) is 9.59 Å². The van der Waals surface area contributed by atoms with E-state index >= 15 is 0 Å². The summed E-state index contributed by atoms with van der Waals surface area (Å²) in [5, 5.41) is 10.6. The largest absolute Gasteiger partial charge is 0.507 e. The molecule has 1 aliphatic heterocycles. The molecule has 3 rings (SSSR count). The normalized spacial score (nSPS) is 16.7. The molecule has 0 spiro atoms. The third kappa shape index (κ3) is 2.68. The van der Waals surface area contributed by atoms with Crippen LogP contribution < -0.4 is 4.74 Å². The number of phenols is 1. The zero-order valence-corrected chi connectivity index (χ0v) is 12.9. The van der Waals surface area contributed by atoms with Crippen molar-refractivity contribution < 1.29 is 23.8 Å². The lowest BCUT2D eigenvalue weighted by molar-refractivity contribution is -0.135. The molecular weight excluding hydrogens is 323 g/mol. The highest BCUT2D eigenvalue weighted by Gasteiger charge is 2.33. The molecule has 1 N–H and O–H groups in total. The van der Waals surface area contributed by atoms with E-state index in [1.54, 1.807) is 0 Å². The molecule has 0 saturated carbocycles. The van der Waals surface area contributed by atoms with Gasteiger partial charge in [-0.2, -0.15) is 0 Å². The third-order valence-electron chi connectivity index (χ3n) is 3.84. The van der Waals surface area contributed by atoms with Gasteiger partial charge in [0.1, 0.15) is 17.3 Å². The number of ketones is 1. The SMILES string of the molecule is CC(=O)c1ccc2c(c1O)[C@@H](c1ccc(F)cc1Cl)CC(=O)O2. The minimum atomic E-state index is -0.612. The van der Waals surface area contributed by atoms with Gasteiger partial charge >= 0.3 is 5.97 Å². The van der Waals surface area contributed by atoms with Gasteiger partial charge in [0.15, 0.2) is 5.78 Å². The highest BCUT2D eigenvalue weighted by atomic mass is 35.5. The lowest BCUT2D eigenvalue weighted by Crippen LogP contribution is -2.22. The van der Waals surface area contributed by atoms with Crippen LogP contribution in [-0.4, -0.2) is 16.9 Å². The zero-order chi connectivity index (χ0) is 16.7. The van der Waals surface area contributed by atoms with E-state index < -0.39 is 17.7 Å². The van der Waals surface area contributed by atoms with Crippen molar-refractivity contribution in [1.82, 2.24) is 0 Å². The molecule has 2 aromatic carbocycles. The van der Waals surface area contributed by atoms with Crippen molar-refractivity contribution in [3.8, 4) is 11.5 Å². The molecule has 1 heterocycles. The Kier molecular flexibility index (Phi) is 3.82. The Hall–Kier alpha value is -2.40. The molecular formula is C17H12ClFO4. The molecule has 118 valence electrons. The Morgan fingerprint density at radius 2 is 2.09 bits per heavy atom. The molecule has 1 atom stereocenters. The minimum Gasteiger partial charge on any atom is -0.507 e. The summed E-state index contributed by atoms with van der Waals surface area (Å²) >= 11 is 6.09. The Morgan fingerprint density at radius 1 is 1.35 bits per heavy atom. The molecule has 4 nitrogen and oxygen atoms in total. The fourth-order valence-electron chi connectivity index (χ4n) is 2.78. The fraction of sp³-hybridized carbons (Fsp3) is 0.176. The predicted molar refractivity (Wildman–Crippen MR) is 81.6 cm³/mol. The Balaban J connectivity index is 2.23. The van der Waals surface area contributed by atoms with Crippen LogP contribution in [0.1, 0.15) is 40.7 Å². The van der Waals surface area contributed by atoms with Crippen molar-refractivity contribution in [2.45, 2.75) is 19.3 Å². The summed E-state index contributed by atoms with van der Waals surface area (Å²) in [6.07, 6.45) is -0.0622. The number of carbonyl (C=O) groups excluding carboxylic acids is 2. The Labute approximate surface area is 136 Å². The molecule has 1 aliphatic rings. The summed E-state index contributed by atoms with van der Waals surface area (Å²) in [5.74, 6) is -1.98. The van der Waals surface area contributed by atoms with Gasteiger partial charge in [0, 0.05) is 16.5 Å². The van der Waals surface area contributed by atoms with Gasteiger partial charge < -0.3 is 9.84 Å². The molecule has 0 aliphatic carbocycles. The minimum absolute atomic E-state index is 0.0622. The number of ether oxygens (including phenoxy) is 1. The molecule has 0 fully saturated rings. The van der Waals surface area contributed by atoms with Gasteiger partial charge in [0.2, 0.25) is 0 Å². The molecule has 0 radical (unpaired) electrons. The second-order valence-corrected chi connectivity index (χ2v) is 5.73. The number of fused-ring (bicyclic) bond motifs is 1. The van der Waals surface area contributed by atoms with E-state index in [0.717, 1.165) is 6.07 Å². The number of aromatic hydroxyl groups is 1. The summed E-state index contributed by atoms with van der Waals surface area (Å²) in [7, 11) is 0. The first kappa shape index (κ1) is 15.5. The van der Waals surface area contributed by atoms with Gasteiger partial charge in [-0.05, 0) is 36.8 Å². The van der Waals surface area contributed by atoms with E-state index in [1.807, 2.05) is 0 Å². The van der Waals surface area contributed by atoms with Crippen molar-refractivity contribution in [2.75, 3.05) is 0 Å². The van der Waals surface area contributed by atoms with Crippen LogP contribution in [0.2, 0.25) is 5.02 Å². The number of benzene rings is 2. The molecule has 0 bridgehead atoms. The number of esters is 1. The molecule has 6 heteroatoms. The van der Waals surface area contributed by atoms with Gasteiger partial charge in [-0.1, -0.05) is 17.7 Å². The van der Waals surface area contributed by atoms with Crippen molar-refractivity contribution >= 4 is 23.4 Å². The quantitative estimate of drug-likeness (QED) is 0.515. The Bertz CT molecular complexity index is 832. The molecule has 23 heavy (non-hydrogen) atoms. The summed E-state index contributed by atoms with van der Waals surface area (Å²) in [5.41, 5.74) is 0.928. The maximum atomic E-state index is 13.3. The summed E-state index contributed by atoms with van der Waals surface area (Å²) in [6, 6.07) is 6.70. The summed E-state index contributed by atoms with van der Waals surface area (Å²) in [4.78, 5) is 23.5. The van der Waals surface area contributed by atoms with Crippen LogP contribution in [0.5, 0.6) is 11.5 Å². The summed E-state index contributed by atoms with van der Waals surface area (Å²) in [6.45, 7) is 1.33. The van der Waals surface area contributed by atoms with Crippen LogP contribution in [0, 0.1) is 5.82 Å². The van der Waals surface area contributed by atoms with Crippen LogP contribution >= 0.6 is 11.6 Å². The molecule has 0 amide bonds. The van der Waals surface area contributed by atoms with Crippen LogP contribution in [0.4, 0.5) is 4.39 Å². The Morgan fingerprint density at radius 3 is 2.74 bits per heavy atom. The van der Waals surface area contributed by atoms with Crippen LogP contribution in [0.15, 0.2) is 30.3 Å². The fourth-order valence-corrected chi connectivity index (χ4v) is 3.08. The van der Waals surface area contributed by atoms with E-state index in [0.29, 0.717) is 11.1 Å². The molecule has 0 aromatic heterocycles. The smallest absolute Gasteiger partial charge is 0.312 e. The van der Waals surface area contributed by atoms with E-state index in [9.17, 15) is 19.1 Å². The first-order valence-electron chi connectivity index (χ1n) is 6.91.